The number of ether oxygens (including phenoxy) is 1. The van der Waals surface area contributed by atoms with Crippen LogP contribution in [-0.4, -0.2) is 20.4 Å². The Morgan fingerprint density at radius 3 is 2.37 bits per heavy atom. The molecule has 0 aliphatic carbocycles. The fourth-order valence-electron chi connectivity index (χ4n) is 2.51. The largest absolute Gasteiger partial charge is 0.455 e. The zero-order chi connectivity index (χ0) is 21.7. The lowest BCUT2D eigenvalue weighted by Gasteiger charge is -2.17. The molecular formula is C21H18BrClN2O4S. The molecule has 3 rings (SSSR count). The average molecular weight is 510 g/mol. The van der Waals surface area contributed by atoms with Crippen LogP contribution in [0.5, 0.6) is 11.5 Å². The Balaban J connectivity index is 1.75. The maximum Gasteiger partial charge on any atom is 0.242 e. The molecule has 0 fully saturated rings. The van der Waals surface area contributed by atoms with Gasteiger partial charge in [0.05, 0.1) is 16.6 Å². The molecule has 3 aromatic carbocycles. The monoisotopic (exact) mass is 508 g/mol. The highest BCUT2D eigenvalue weighted by atomic mass is 79.9. The van der Waals surface area contributed by atoms with Crippen molar-refractivity contribution in [2.75, 3.05) is 5.32 Å². The number of hydrogen-bond acceptors (Lipinski definition) is 4. The first-order valence-electron chi connectivity index (χ1n) is 8.86. The molecule has 0 heterocycles. The van der Waals surface area contributed by atoms with Crippen LogP contribution < -0.4 is 14.8 Å². The van der Waals surface area contributed by atoms with Crippen molar-refractivity contribution in [1.82, 2.24) is 4.72 Å². The fourth-order valence-corrected chi connectivity index (χ4v) is 4.15. The van der Waals surface area contributed by atoms with Crippen LogP contribution in [0, 0.1) is 0 Å². The standard InChI is InChI=1S/C21H18BrClN2O4S/c1-14(25-30(27,28)18-10-7-15(22)8-11-18)21(26)24-19-13-16(23)9-12-20(19)29-17-5-3-2-4-6-17/h2-14,25H,1H3,(H,24,26). The smallest absolute Gasteiger partial charge is 0.242 e. The summed E-state index contributed by atoms with van der Waals surface area (Å²) in [5.41, 5.74) is 0.325. The first-order valence-corrected chi connectivity index (χ1v) is 11.5. The molecule has 3 aromatic rings. The van der Waals surface area contributed by atoms with Crippen molar-refractivity contribution in [3.63, 3.8) is 0 Å². The molecule has 9 heteroatoms. The molecule has 0 aromatic heterocycles. The van der Waals surface area contributed by atoms with Crippen molar-refractivity contribution in [2.45, 2.75) is 17.9 Å². The Kier molecular flexibility index (Phi) is 7.14. The summed E-state index contributed by atoms with van der Waals surface area (Å²) in [6.07, 6.45) is 0. The highest BCUT2D eigenvalue weighted by Crippen LogP contribution is 2.32. The Morgan fingerprint density at radius 2 is 1.70 bits per heavy atom. The lowest BCUT2D eigenvalue weighted by molar-refractivity contribution is -0.117. The fraction of sp³-hybridized carbons (Fsp3) is 0.0952. The molecule has 0 aliphatic rings. The van der Waals surface area contributed by atoms with Gasteiger partial charge in [-0.3, -0.25) is 4.79 Å². The molecule has 1 unspecified atom stereocenters. The third-order valence-electron chi connectivity index (χ3n) is 4.02. The molecule has 0 bridgehead atoms. The van der Waals surface area contributed by atoms with Gasteiger partial charge in [-0.15, -0.1) is 0 Å². The molecule has 30 heavy (non-hydrogen) atoms. The molecule has 0 saturated heterocycles. The molecule has 1 atom stereocenters. The van der Waals surface area contributed by atoms with E-state index in [0.717, 1.165) is 4.47 Å². The average Bonchev–Trinajstić information content (AvgIpc) is 2.71. The summed E-state index contributed by atoms with van der Waals surface area (Å²) >= 11 is 9.32. The number of anilines is 1. The van der Waals surface area contributed by atoms with E-state index in [4.69, 9.17) is 16.3 Å². The predicted octanol–water partition coefficient (Wildman–Crippen LogP) is 5.20. The minimum absolute atomic E-state index is 0.0567. The van der Waals surface area contributed by atoms with Gasteiger partial charge in [0.15, 0.2) is 5.75 Å². The summed E-state index contributed by atoms with van der Waals surface area (Å²) in [5, 5.41) is 3.07. The number of halogens is 2. The van der Waals surface area contributed by atoms with Crippen molar-refractivity contribution in [3.8, 4) is 11.5 Å². The number of sulfonamides is 1. The highest BCUT2D eigenvalue weighted by molar-refractivity contribution is 9.10. The molecule has 0 saturated carbocycles. The van der Waals surface area contributed by atoms with Gasteiger partial charge in [-0.2, -0.15) is 4.72 Å². The van der Waals surface area contributed by atoms with Crippen molar-refractivity contribution in [2.24, 2.45) is 0 Å². The van der Waals surface area contributed by atoms with E-state index >= 15 is 0 Å². The van der Waals surface area contributed by atoms with Gasteiger partial charge in [-0.25, -0.2) is 8.42 Å². The minimum atomic E-state index is -3.87. The first kappa shape index (κ1) is 22.3. The van der Waals surface area contributed by atoms with Gasteiger partial charge in [-0.05, 0) is 61.5 Å². The van der Waals surface area contributed by atoms with E-state index in [-0.39, 0.29) is 4.90 Å². The lowest BCUT2D eigenvalue weighted by Crippen LogP contribution is -2.41. The second-order valence-electron chi connectivity index (χ2n) is 6.34. The molecule has 156 valence electrons. The van der Waals surface area contributed by atoms with Gasteiger partial charge < -0.3 is 10.1 Å². The summed E-state index contributed by atoms with van der Waals surface area (Å²) in [7, 11) is -3.87. The number of hydrogen-bond donors (Lipinski definition) is 2. The second-order valence-corrected chi connectivity index (χ2v) is 9.41. The van der Waals surface area contributed by atoms with E-state index in [2.05, 4.69) is 26.0 Å². The first-order chi connectivity index (χ1) is 14.2. The summed E-state index contributed by atoms with van der Waals surface area (Å²) < 4.78 is 34.0. The SMILES string of the molecule is CC(NS(=O)(=O)c1ccc(Br)cc1)C(=O)Nc1cc(Cl)ccc1Oc1ccccc1. The summed E-state index contributed by atoms with van der Waals surface area (Å²) in [4.78, 5) is 12.7. The van der Waals surface area contributed by atoms with E-state index in [1.165, 1.54) is 25.1 Å². The van der Waals surface area contributed by atoms with Gasteiger partial charge in [-0.1, -0.05) is 45.7 Å². The Hall–Kier alpha value is -2.39. The van der Waals surface area contributed by atoms with Crippen LogP contribution in [0.4, 0.5) is 5.69 Å². The van der Waals surface area contributed by atoms with Crippen molar-refractivity contribution in [1.29, 1.82) is 0 Å². The van der Waals surface area contributed by atoms with Crippen LogP contribution in [0.3, 0.4) is 0 Å². The van der Waals surface area contributed by atoms with Crippen LogP contribution in [0.2, 0.25) is 5.02 Å². The Bertz CT molecular complexity index is 1140. The molecule has 0 spiro atoms. The molecular weight excluding hydrogens is 492 g/mol. The summed E-state index contributed by atoms with van der Waals surface area (Å²) in [5.74, 6) is 0.400. The summed E-state index contributed by atoms with van der Waals surface area (Å²) in [6.45, 7) is 1.45. The Morgan fingerprint density at radius 1 is 1.03 bits per heavy atom. The van der Waals surface area contributed by atoms with Gasteiger partial charge in [0.1, 0.15) is 5.75 Å². The quantitative estimate of drug-likeness (QED) is 0.458. The topological polar surface area (TPSA) is 84.5 Å². The normalized spacial score (nSPS) is 12.2. The number of nitrogens with one attached hydrogen (secondary N) is 2. The van der Waals surface area contributed by atoms with Gasteiger partial charge in [0.2, 0.25) is 15.9 Å². The third kappa shape index (κ3) is 5.82. The number of carbonyl (C=O) groups excluding carboxylic acids is 1. The van der Waals surface area contributed by atoms with Crippen LogP contribution in [0.1, 0.15) is 6.92 Å². The van der Waals surface area contributed by atoms with Crippen molar-refractivity contribution < 1.29 is 17.9 Å². The molecule has 0 radical (unpaired) electrons. The van der Waals surface area contributed by atoms with Gasteiger partial charge in [0.25, 0.3) is 0 Å². The van der Waals surface area contributed by atoms with Gasteiger partial charge in [0, 0.05) is 9.50 Å². The highest BCUT2D eigenvalue weighted by Gasteiger charge is 2.23. The molecule has 1 amide bonds. The maximum atomic E-state index is 12.6. The third-order valence-corrected chi connectivity index (χ3v) is 6.34. The number of benzene rings is 3. The van der Waals surface area contributed by atoms with Crippen molar-refractivity contribution >= 4 is 49.1 Å². The van der Waals surface area contributed by atoms with E-state index in [0.29, 0.717) is 22.2 Å². The van der Waals surface area contributed by atoms with Gasteiger partial charge >= 0.3 is 0 Å². The molecule has 0 aliphatic heterocycles. The molecule has 2 N–H and O–H groups in total. The zero-order valence-electron chi connectivity index (χ0n) is 15.8. The van der Waals surface area contributed by atoms with Crippen molar-refractivity contribution in [3.05, 3.63) is 82.3 Å². The molecule has 6 nitrogen and oxygen atoms in total. The summed E-state index contributed by atoms with van der Waals surface area (Å²) in [6, 6.07) is 18.9. The second kappa shape index (κ2) is 9.61. The van der Waals surface area contributed by atoms with E-state index in [9.17, 15) is 13.2 Å². The number of amides is 1. The predicted molar refractivity (Wildman–Crippen MR) is 121 cm³/mol. The van der Waals surface area contributed by atoms with Crippen LogP contribution in [-0.2, 0) is 14.8 Å². The zero-order valence-corrected chi connectivity index (χ0v) is 19.0. The number of rotatable bonds is 7. The number of para-hydroxylation sites is 1. The maximum absolute atomic E-state index is 12.6. The van der Waals surface area contributed by atoms with Crippen LogP contribution in [0.25, 0.3) is 0 Å². The van der Waals surface area contributed by atoms with E-state index in [1.54, 1.807) is 36.4 Å². The Labute approximate surface area is 188 Å². The minimum Gasteiger partial charge on any atom is -0.455 e. The van der Waals surface area contributed by atoms with Crippen LogP contribution >= 0.6 is 27.5 Å². The van der Waals surface area contributed by atoms with Crippen LogP contribution in [0.15, 0.2) is 82.2 Å². The number of carbonyl (C=O) groups is 1. The lowest BCUT2D eigenvalue weighted by atomic mass is 10.2. The van der Waals surface area contributed by atoms with E-state index in [1.807, 2.05) is 18.2 Å². The van der Waals surface area contributed by atoms with E-state index < -0.39 is 22.0 Å².